The highest BCUT2D eigenvalue weighted by atomic mass is 19.4. The van der Waals surface area contributed by atoms with Crippen molar-refractivity contribution < 1.29 is 17.9 Å². The van der Waals surface area contributed by atoms with E-state index < -0.39 is 11.7 Å². The molecule has 3 nitrogen and oxygen atoms in total. The van der Waals surface area contributed by atoms with Crippen LogP contribution in [0.5, 0.6) is 11.5 Å². The molecule has 0 saturated carbocycles. The molecule has 17 heavy (non-hydrogen) atoms. The fourth-order valence-electron chi connectivity index (χ4n) is 1.37. The van der Waals surface area contributed by atoms with Crippen LogP contribution in [-0.4, -0.2) is 9.78 Å². The van der Waals surface area contributed by atoms with Crippen molar-refractivity contribution in [3.8, 4) is 11.5 Å². The van der Waals surface area contributed by atoms with Crippen molar-refractivity contribution in [3.63, 3.8) is 0 Å². The van der Waals surface area contributed by atoms with Crippen molar-refractivity contribution in [2.24, 2.45) is 7.05 Å². The van der Waals surface area contributed by atoms with Crippen LogP contribution in [0.15, 0.2) is 36.7 Å². The first-order valence-corrected chi connectivity index (χ1v) is 4.79. The summed E-state index contributed by atoms with van der Waals surface area (Å²) in [6.45, 7) is 0. The maximum absolute atomic E-state index is 12.7. The first-order valence-electron chi connectivity index (χ1n) is 4.79. The van der Waals surface area contributed by atoms with Crippen LogP contribution in [0.3, 0.4) is 0 Å². The molecule has 0 saturated heterocycles. The summed E-state index contributed by atoms with van der Waals surface area (Å²) in [6, 6.07) is 5.06. The molecule has 0 aliphatic rings. The van der Waals surface area contributed by atoms with Gasteiger partial charge in [0.15, 0.2) is 5.75 Å². The van der Waals surface area contributed by atoms with Crippen molar-refractivity contribution in [3.05, 3.63) is 42.2 Å². The highest BCUT2D eigenvalue weighted by Crippen LogP contribution is 2.37. The van der Waals surface area contributed by atoms with Gasteiger partial charge in [-0.15, -0.1) is 0 Å². The molecule has 1 heterocycles. The minimum atomic E-state index is -4.43. The van der Waals surface area contributed by atoms with E-state index in [0.29, 0.717) is 0 Å². The summed E-state index contributed by atoms with van der Waals surface area (Å²) in [6.07, 6.45) is -1.58. The van der Waals surface area contributed by atoms with E-state index in [9.17, 15) is 13.2 Å². The lowest BCUT2D eigenvalue weighted by atomic mass is 10.2. The van der Waals surface area contributed by atoms with Gasteiger partial charge in [0, 0.05) is 7.05 Å². The van der Waals surface area contributed by atoms with E-state index in [1.165, 1.54) is 35.3 Å². The number of benzene rings is 1. The summed E-state index contributed by atoms with van der Waals surface area (Å²) < 4.78 is 44.6. The number of aromatic nitrogens is 2. The van der Waals surface area contributed by atoms with Crippen LogP contribution in [-0.2, 0) is 13.2 Å². The molecule has 0 radical (unpaired) electrons. The minimum Gasteiger partial charge on any atom is -0.453 e. The van der Waals surface area contributed by atoms with Crippen LogP contribution in [0.4, 0.5) is 13.2 Å². The van der Waals surface area contributed by atoms with Gasteiger partial charge in [-0.2, -0.15) is 18.3 Å². The zero-order chi connectivity index (χ0) is 12.5. The van der Waals surface area contributed by atoms with Gasteiger partial charge in [0.2, 0.25) is 0 Å². The van der Waals surface area contributed by atoms with Crippen molar-refractivity contribution in [2.45, 2.75) is 6.18 Å². The Kier molecular flexibility index (Phi) is 2.79. The molecule has 0 N–H and O–H groups in total. The normalized spacial score (nSPS) is 11.5. The SMILES string of the molecule is Cn1cc(Oc2ccccc2C(F)(F)F)cn1. The van der Waals surface area contributed by atoms with Crippen LogP contribution in [0.2, 0.25) is 0 Å². The maximum atomic E-state index is 12.7. The summed E-state index contributed by atoms with van der Waals surface area (Å²) in [5.41, 5.74) is -0.802. The fourth-order valence-corrected chi connectivity index (χ4v) is 1.37. The first-order chi connectivity index (χ1) is 7.97. The summed E-state index contributed by atoms with van der Waals surface area (Å²) in [5, 5.41) is 3.82. The number of hydrogen-bond acceptors (Lipinski definition) is 2. The average Bonchev–Trinajstić information content (AvgIpc) is 2.63. The number of para-hydroxylation sites is 1. The monoisotopic (exact) mass is 242 g/mol. The van der Waals surface area contributed by atoms with E-state index in [1.54, 1.807) is 7.05 Å². The molecular weight excluding hydrogens is 233 g/mol. The lowest BCUT2D eigenvalue weighted by molar-refractivity contribution is -0.138. The Morgan fingerprint density at radius 2 is 1.94 bits per heavy atom. The molecule has 0 aliphatic heterocycles. The summed E-state index contributed by atoms with van der Waals surface area (Å²) in [7, 11) is 1.66. The van der Waals surface area contributed by atoms with E-state index in [1.807, 2.05) is 0 Å². The van der Waals surface area contributed by atoms with Crippen molar-refractivity contribution in [1.29, 1.82) is 0 Å². The zero-order valence-corrected chi connectivity index (χ0v) is 8.90. The van der Waals surface area contributed by atoms with Gasteiger partial charge < -0.3 is 4.74 Å². The number of rotatable bonds is 2. The second kappa shape index (κ2) is 4.12. The molecule has 6 heteroatoms. The predicted octanol–water partition coefficient (Wildman–Crippen LogP) is 3.23. The van der Waals surface area contributed by atoms with Crippen molar-refractivity contribution >= 4 is 0 Å². The van der Waals surface area contributed by atoms with Gasteiger partial charge in [0.1, 0.15) is 5.75 Å². The molecule has 2 rings (SSSR count). The predicted molar refractivity (Wildman–Crippen MR) is 54.7 cm³/mol. The highest BCUT2D eigenvalue weighted by Gasteiger charge is 2.34. The number of ether oxygens (including phenoxy) is 1. The number of aryl methyl sites for hydroxylation is 1. The van der Waals surface area contributed by atoms with Gasteiger partial charge >= 0.3 is 6.18 Å². The first kappa shape index (κ1) is 11.5. The molecule has 0 spiro atoms. The molecule has 0 bridgehead atoms. The van der Waals surface area contributed by atoms with Crippen LogP contribution in [0.25, 0.3) is 0 Å². The number of alkyl halides is 3. The van der Waals surface area contributed by atoms with Gasteiger partial charge in [0.05, 0.1) is 18.0 Å². The molecule has 0 atom stereocenters. The third-order valence-electron chi connectivity index (χ3n) is 2.10. The third-order valence-corrected chi connectivity index (χ3v) is 2.10. The molecule has 1 aromatic carbocycles. The van der Waals surface area contributed by atoms with Crippen molar-refractivity contribution in [2.75, 3.05) is 0 Å². The molecule has 0 fully saturated rings. The number of hydrogen-bond donors (Lipinski definition) is 0. The number of halogens is 3. The lowest BCUT2D eigenvalue weighted by Gasteiger charge is -2.11. The Morgan fingerprint density at radius 1 is 1.24 bits per heavy atom. The standard InChI is InChI=1S/C11H9F3N2O/c1-16-7-8(6-15-16)17-10-5-3-2-4-9(10)11(12,13)14/h2-7H,1H3. The summed E-state index contributed by atoms with van der Waals surface area (Å²) in [4.78, 5) is 0. The second-order valence-electron chi connectivity index (χ2n) is 3.45. The smallest absolute Gasteiger partial charge is 0.419 e. The topological polar surface area (TPSA) is 27.1 Å². The molecule has 0 amide bonds. The van der Waals surface area contributed by atoms with E-state index >= 15 is 0 Å². The summed E-state index contributed by atoms with van der Waals surface area (Å²) >= 11 is 0. The van der Waals surface area contributed by atoms with Crippen molar-refractivity contribution in [1.82, 2.24) is 9.78 Å². The number of nitrogens with zero attached hydrogens (tertiary/aromatic N) is 2. The van der Waals surface area contributed by atoms with E-state index in [2.05, 4.69) is 5.10 Å². The largest absolute Gasteiger partial charge is 0.453 e. The van der Waals surface area contributed by atoms with Crippen LogP contribution >= 0.6 is 0 Å². The fraction of sp³-hybridized carbons (Fsp3) is 0.182. The Labute approximate surface area is 95.4 Å². The minimum absolute atomic E-state index is 0.229. The molecule has 0 aliphatic carbocycles. The third kappa shape index (κ3) is 2.58. The quantitative estimate of drug-likeness (QED) is 0.808. The van der Waals surface area contributed by atoms with Crippen LogP contribution in [0, 0.1) is 0 Å². The van der Waals surface area contributed by atoms with Gasteiger partial charge in [-0.1, -0.05) is 12.1 Å². The molecule has 0 unspecified atom stereocenters. The Balaban J connectivity index is 2.33. The van der Waals surface area contributed by atoms with Crippen LogP contribution in [0.1, 0.15) is 5.56 Å². The molecule has 90 valence electrons. The van der Waals surface area contributed by atoms with Gasteiger partial charge in [0.25, 0.3) is 0 Å². The summed E-state index contributed by atoms with van der Waals surface area (Å²) in [5.74, 6) is 0.0391. The van der Waals surface area contributed by atoms with Gasteiger partial charge in [-0.05, 0) is 12.1 Å². The molecule has 1 aromatic heterocycles. The second-order valence-corrected chi connectivity index (χ2v) is 3.45. The average molecular weight is 242 g/mol. The van der Waals surface area contributed by atoms with E-state index in [4.69, 9.17) is 4.74 Å². The molecule has 2 aromatic rings. The van der Waals surface area contributed by atoms with Gasteiger partial charge in [-0.3, -0.25) is 4.68 Å². The Bertz CT molecular complexity index is 519. The maximum Gasteiger partial charge on any atom is 0.419 e. The lowest BCUT2D eigenvalue weighted by Crippen LogP contribution is -2.06. The Hall–Kier alpha value is -1.98. The Morgan fingerprint density at radius 3 is 2.53 bits per heavy atom. The zero-order valence-electron chi connectivity index (χ0n) is 8.90. The van der Waals surface area contributed by atoms with E-state index in [-0.39, 0.29) is 11.5 Å². The van der Waals surface area contributed by atoms with Crippen LogP contribution < -0.4 is 4.74 Å². The van der Waals surface area contributed by atoms with E-state index in [0.717, 1.165) is 6.07 Å². The molecular formula is C11H9F3N2O. The van der Waals surface area contributed by atoms with Gasteiger partial charge in [-0.25, -0.2) is 0 Å². The highest BCUT2D eigenvalue weighted by molar-refractivity contribution is 5.38.